The third kappa shape index (κ3) is 3.71. The fourth-order valence-electron chi connectivity index (χ4n) is 5.02. The summed E-state index contributed by atoms with van der Waals surface area (Å²) in [6.07, 6.45) is 0.476. The molecule has 1 N–H and O–H groups in total. The Labute approximate surface area is 209 Å². The summed E-state index contributed by atoms with van der Waals surface area (Å²) in [5, 5.41) is 16.7. The standard InChI is InChI=1S/C23H22ClIN4O4/c24-15-1-5-18(6-2-15)29-23(27-11-13-33-14-12-27)19(20(26-29)21(30)31)9-10-28(22(23)32)17-7-3-16(25)4-8-17/h1-8,19H,9-14H2,(H,30,31). The molecule has 2 aromatic carbocycles. The Hall–Kier alpha value is -2.21. The Morgan fingerprint density at radius 1 is 1.06 bits per heavy atom. The Balaban J connectivity index is 1.68. The van der Waals surface area contributed by atoms with E-state index in [-0.39, 0.29) is 11.6 Å². The molecular weight excluding hydrogens is 559 g/mol. The maximum atomic E-state index is 14.4. The fraction of sp³-hybridized carbons (Fsp3) is 0.348. The van der Waals surface area contributed by atoms with Gasteiger partial charge in [0.05, 0.1) is 24.8 Å². The molecular formula is C23H22ClIN4O4. The number of halogens is 2. The SMILES string of the molecule is O=C(O)C1=NN(c2ccc(Cl)cc2)C2(N3CCOCC3)C(=O)N(c3ccc(I)cc3)CCC12. The largest absolute Gasteiger partial charge is 0.477 e. The number of ether oxygens (including phenoxy) is 1. The zero-order valence-corrected chi connectivity index (χ0v) is 20.6. The number of fused-ring (bicyclic) bond motifs is 1. The monoisotopic (exact) mass is 580 g/mol. The van der Waals surface area contributed by atoms with Crippen LogP contribution in [0.15, 0.2) is 53.6 Å². The molecule has 2 unspecified atom stereocenters. The van der Waals surface area contributed by atoms with E-state index in [4.69, 9.17) is 16.3 Å². The lowest BCUT2D eigenvalue weighted by Crippen LogP contribution is -2.74. The molecule has 0 saturated carbocycles. The van der Waals surface area contributed by atoms with Gasteiger partial charge in [-0.3, -0.25) is 9.69 Å². The number of carboxylic acids is 1. The highest BCUT2D eigenvalue weighted by molar-refractivity contribution is 14.1. The molecule has 3 aliphatic rings. The van der Waals surface area contributed by atoms with Gasteiger partial charge in [0.1, 0.15) is 0 Å². The molecule has 172 valence electrons. The van der Waals surface area contributed by atoms with Crippen LogP contribution in [0, 0.1) is 9.49 Å². The molecule has 3 heterocycles. The van der Waals surface area contributed by atoms with Crippen LogP contribution in [0.25, 0.3) is 0 Å². The van der Waals surface area contributed by atoms with Gasteiger partial charge in [0.2, 0.25) is 5.66 Å². The third-order valence-electron chi connectivity index (χ3n) is 6.47. The number of carbonyl (C=O) groups is 2. The molecule has 0 aromatic heterocycles. The molecule has 8 nitrogen and oxygen atoms in total. The summed E-state index contributed by atoms with van der Waals surface area (Å²) >= 11 is 8.34. The number of nitrogens with zero attached hydrogens (tertiary/aromatic N) is 4. The normalized spacial score (nSPS) is 25.7. The minimum Gasteiger partial charge on any atom is -0.477 e. The first-order valence-corrected chi connectivity index (χ1v) is 12.2. The molecule has 2 aromatic rings. The second-order valence-electron chi connectivity index (χ2n) is 8.18. The Bertz CT molecular complexity index is 1100. The number of rotatable bonds is 4. The van der Waals surface area contributed by atoms with Crippen molar-refractivity contribution in [3.63, 3.8) is 0 Å². The summed E-state index contributed by atoms with van der Waals surface area (Å²) in [4.78, 5) is 30.5. The number of hydrazone groups is 1. The summed E-state index contributed by atoms with van der Waals surface area (Å²) in [6, 6.07) is 14.7. The highest BCUT2D eigenvalue weighted by atomic mass is 127. The number of piperidine rings is 1. The van der Waals surface area contributed by atoms with Crippen LogP contribution in [-0.2, 0) is 14.3 Å². The summed E-state index contributed by atoms with van der Waals surface area (Å²) in [5.74, 6) is -1.88. The summed E-state index contributed by atoms with van der Waals surface area (Å²) < 4.78 is 6.64. The van der Waals surface area contributed by atoms with Gasteiger partial charge in [-0.25, -0.2) is 9.80 Å². The van der Waals surface area contributed by atoms with E-state index >= 15 is 0 Å². The van der Waals surface area contributed by atoms with Crippen molar-refractivity contribution < 1.29 is 19.4 Å². The van der Waals surface area contributed by atoms with Gasteiger partial charge in [-0.15, -0.1) is 0 Å². The highest BCUT2D eigenvalue weighted by Gasteiger charge is 2.65. The van der Waals surface area contributed by atoms with E-state index in [0.29, 0.717) is 50.0 Å². The van der Waals surface area contributed by atoms with Gasteiger partial charge >= 0.3 is 5.97 Å². The Kier molecular flexibility index (Phi) is 6.06. The fourth-order valence-corrected chi connectivity index (χ4v) is 5.50. The van der Waals surface area contributed by atoms with Gasteiger partial charge < -0.3 is 14.7 Å². The highest BCUT2D eigenvalue weighted by Crippen LogP contribution is 2.46. The quantitative estimate of drug-likeness (QED) is 0.559. The maximum Gasteiger partial charge on any atom is 0.352 e. The van der Waals surface area contributed by atoms with Gasteiger partial charge in [0.15, 0.2) is 5.71 Å². The molecule has 33 heavy (non-hydrogen) atoms. The number of carbonyl (C=O) groups excluding carboxylic acids is 1. The summed E-state index contributed by atoms with van der Waals surface area (Å²) in [7, 11) is 0. The topological polar surface area (TPSA) is 85.7 Å². The van der Waals surface area contributed by atoms with E-state index in [1.807, 2.05) is 29.2 Å². The van der Waals surface area contributed by atoms with E-state index in [1.165, 1.54) is 0 Å². The lowest BCUT2D eigenvalue weighted by atomic mass is 9.79. The van der Waals surface area contributed by atoms with Crippen LogP contribution in [0.3, 0.4) is 0 Å². The van der Waals surface area contributed by atoms with E-state index in [1.54, 1.807) is 34.2 Å². The molecule has 0 aliphatic carbocycles. The first-order chi connectivity index (χ1) is 15.9. The maximum absolute atomic E-state index is 14.4. The lowest BCUT2D eigenvalue weighted by Gasteiger charge is -2.53. The van der Waals surface area contributed by atoms with Crippen molar-refractivity contribution in [3.8, 4) is 0 Å². The summed E-state index contributed by atoms with van der Waals surface area (Å²) in [6.45, 7) is 2.33. The Morgan fingerprint density at radius 3 is 2.33 bits per heavy atom. The molecule has 5 rings (SSSR count). The van der Waals surface area contributed by atoms with E-state index in [9.17, 15) is 14.7 Å². The van der Waals surface area contributed by atoms with Gasteiger partial charge in [-0.1, -0.05) is 11.6 Å². The first kappa shape index (κ1) is 22.6. The van der Waals surface area contributed by atoms with Crippen molar-refractivity contribution in [2.75, 3.05) is 42.8 Å². The number of hydrogen-bond donors (Lipinski definition) is 1. The summed E-state index contributed by atoms with van der Waals surface area (Å²) in [5.41, 5.74) is 0.107. The van der Waals surface area contributed by atoms with Crippen LogP contribution >= 0.6 is 34.2 Å². The van der Waals surface area contributed by atoms with Gasteiger partial charge in [-0.05, 0) is 77.5 Å². The molecule has 3 aliphatic heterocycles. The van der Waals surface area contributed by atoms with Gasteiger partial charge in [0, 0.05) is 33.9 Å². The average Bonchev–Trinajstić information content (AvgIpc) is 3.18. The zero-order valence-electron chi connectivity index (χ0n) is 17.7. The van der Waals surface area contributed by atoms with Gasteiger partial charge in [-0.2, -0.15) is 5.10 Å². The minimum absolute atomic E-state index is 0.00653. The molecule has 2 fully saturated rings. The van der Waals surface area contributed by atoms with Crippen LogP contribution < -0.4 is 9.91 Å². The minimum atomic E-state index is -1.30. The number of carboxylic acid groups (broad SMARTS) is 1. The van der Waals surface area contributed by atoms with E-state index < -0.39 is 17.6 Å². The van der Waals surface area contributed by atoms with Crippen molar-refractivity contribution in [1.82, 2.24) is 4.90 Å². The number of morpholine rings is 1. The molecule has 0 bridgehead atoms. The number of anilines is 2. The van der Waals surface area contributed by atoms with E-state index in [2.05, 4.69) is 27.7 Å². The third-order valence-corrected chi connectivity index (χ3v) is 7.44. The zero-order chi connectivity index (χ0) is 23.2. The van der Waals surface area contributed by atoms with Crippen molar-refractivity contribution in [1.29, 1.82) is 0 Å². The lowest BCUT2D eigenvalue weighted by molar-refractivity contribution is -0.139. The van der Waals surface area contributed by atoms with Crippen LogP contribution in [0.1, 0.15) is 6.42 Å². The molecule has 10 heteroatoms. The van der Waals surface area contributed by atoms with Crippen LogP contribution in [0.2, 0.25) is 5.02 Å². The second kappa shape index (κ2) is 8.86. The molecule has 0 spiro atoms. The van der Waals surface area contributed by atoms with Crippen molar-refractivity contribution >= 4 is 63.2 Å². The van der Waals surface area contributed by atoms with Crippen LogP contribution in [0.4, 0.5) is 11.4 Å². The van der Waals surface area contributed by atoms with Crippen LogP contribution in [0.5, 0.6) is 0 Å². The average molecular weight is 581 g/mol. The molecule has 1 amide bonds. The second-order valence-corrected chi connectivity index (χ2v) is 9.86. The van der Waals surface area contributed by atoms with Crippen LogP contribution in [-0.4, -0.2) is 66.1 Å². The number of benzene rings is 2. The number of hydrogen-bond acceptors (Lipinski definition) is 6. The number of aliphatic carboxylic acids is 1. The Morgan fingerprint density at radius 2 is 1.70 bits per heavy atom. The number of amides is 1. The van der Waals surface area contributed by atoms with E-state index in [0.717, 1.165) is 9.26 Å². The smallest absolute Gasteiger partial charge is 0.352 e. The predicted molar refractivity (Wildman–Crippen MR) is 134 cm³/mol. The molecule has 2 saturated heterocycles. The predicted octanol–water partition coefficient (Wildman–Crippen LogP) is 3.29. The molecule has 2 atom stereocenters. The van der Waals surface area contributed by atoms with Gasteiger partial charge in [0.25, 0.3) is 5.91 Å². The molecule has 0 radical (unpaired) electrons. The van der Waals surface area contributed by atoms with Crippen molar-refractivity contribution in [3.05, 3.63) is 57.1 Å². The van der Waals surface area contributed by atoms with Crippen molar-refractivity contribution in [2.45, 2.75) is 12.1 Å². The first-order valence-electron chi connectivity index (χ1n) is 10.7. The van der Waals surface area contributed by atoms with Crippen molar-refractivity contribution in [2.24, 2.45) is 11.0 Å².